The standard InChI is InChI=1S/C22H22N2O4/c1-2-27-20-12-5-6-13-21(20)28-16-22(26)24(15-17-9-7-8-14-23-17)18-10-3-4-11-19(18)25/h3-14,25H,2,15-16H2,1H3. The maximum absolute atomic E-state index is 13.0. The van der Waals surface area contributed by atoms with Gasteiger partial charge in [0, 0.05) is 6.20 Å². The van der Waals surface area contributed by atoms with Crippen LogP contribution in [0.5, 0.6) is 17.2 Å². The van der Waals surface area contributed by atoms with Crippen LogP contribution in [0.1, 0.15) is 12.6 Å². The summed E-state index contributed by atoms with van der Waals surface area (Å²) in [6.07, 6.45) is 1.66. The fourth-order valence-electron chi connectivity index (χ4n) is 2.72. The lowest BCUT2D eigenvalue weighted by Crippen LogP contribution is -2.35. The monoisotopic (exact) mass is 378 g/mol. The number of para-hydroxylation sites is 4. The first-order valence-corrected chi connectivity index (χ1v) is 9.02. The summed E-state index contributed by atoms with van der Waals surface area (Å²) in [6, 6.07) is 19.4. The summed E-state index contributed by atoms with van der Waals surface area (Å²) < 4.78 is 11.2. The van der Waals surface area contributed by atoms with E-state index in [1.165, 1.54) is 4.90 Å². The zero-order valence-corrected chi connectivity index (χ0v) is 15.6. The number of rotatable bonds is 8. The van der Waals surface area contributed by atoms with Gasteiger partial charge in [0.2, 0.25) is 0 Å². The van der Waals surface area contributed by atoms with Crippen molar-refractivity contribution in [3.05, 3.63) is 78.6 Å². The van der Waals surface area contributed by atoms with Crippen LogP contribution in [0.4, 0.5) is 5.69 Å². The highest BCUT2D eigenvalue weighted by atomic mass is 16.5. The SMILES string of the molecule is CCOc1ccccc1OCC(=O)N(Cc1ccccn1)c1ccccc1O. The first-order chi connectivity index (χ1) is 13.7. The molecule has 0 spiro atoms. The Bertz CT molecular complexity index is 915. The number of aromatic hydroxyl groups is 1. The number of anilines is 1. The molecule has 0 fully saturated rings. The van der Waals surface area contributed by atoms with Gasteiger partial charge in [-0.2, -0.15) is 0 Å². The van der Waals surface area contributed by atoms with Gasteiger partial charge in [0.25, 0.3) is 5.91 Å². The van der Waals surface area contributed by atoms with E-state index in [9.17, 15) is 9.90 Å². The molecular weight excluding hydrogens is 356 g/mol. The van der Waals surface area contributed by atoms with Crippen molar-refractivity contribution in [1.82, 2.24) is 4.98 Å². The van der Waals surface area contributed by atoms with Crippen LogP contribution < -0.4 is 14.4 Å². The van der Waals surface area contributed by atoms with Crippen molar-refractivity contribution in [2.45, 2.75) is 13.5 Å². The number of nitrogens with zero attached hydrogens (tertiary/aromatic N) is 2. The summed E-state index contributed by atoms with van der Waals surface area (Å²) in [7, 11) is 0. The van der Waals surface area contributed by atoms with E-state index in [1.54, 1.807) is 42.6 Å². The molecule has 0 bridgehead atoms. The molecule has 1 aromatic heterocycles. The molecule has 0 aliphatic rings. The highest BCUT2D eigenvalue weighted by Crippen LogP contribution is 2.29. The van der Waals surface area contributed by atoms with Gasteiger partial charge in [0.1, 0.15) is 5.75 Å². The first-order valence-electron chi connectivity index (χ1n) is 9.02. The number of pyridine rings is 1. The van der Waals surface area contributed by atoms with E-state index in [0.717, 1.165) is 0 Å². The number of hydrogen-bond acceptors (Lipinski definition) is 5. The third kappa shape index (κ3) is 4.79. The third-order valence-electron chi connectivity index (χ3n) is 4.02. The van der Waals surface area contributed by atoms with E-state index in [1.807, 2.05) is 37.3 Å². The number of carbonyl (C=O) groups is 1. The molecule has 1 heterocycles. The van der Waals surface area contributed by atoms with Crippen LogP contribution >= 0.6 is 0 Å². The second kappa shape index (κ2) is 9.41. The van der Waals surface area contributed by atoms with Gasteiger partial charge in [-0.15, -0.1) is 0 Å². The van der Waals surface area contributed by atoms with Gasteiger partial charge in [0.15, 0.2) is 18.1 Å². The topological polar surface area (TPSA) is 71.9 Å². The summed E-state index contributed by atoms with van der Waals surface area (Å²) in [4.78, 5) is 18.7. The second-order valence-electron chi connectivity index (χ2n) is 5.96. The zero-order chi connectivity index (χ0) is 19.8. The maximum atomic E-state index is 13.0. The number of benzene rings is 2. The molecule has 6 nitrogen and oxygen atoms in total. The van der Waals surface area contributed by atoms with Gasteiger partial charge in [-0.05, 0) is 43.3 Å². The molecule has 0 aliphatic heterocycles. The van der Waals surface area contributed by atoms with Crippen LogP contribution in [0.3, 0.4) is 0 Å². The number of phenolic OH excluding ortho intramolecular Hbond substituents is 1. The Labute approximate surface area is 164 Å². The Morgan fingerprint density at radius 1 is 0.964 bits per heavy atom. The minimum absolute atomic E-state index is 0.0153. The highest BCUT2D eigenvalue weighted by molar-refractivity contribution is 5.95. The smallest absolute Gasteiger partial charge is 0.265 e. The lowest BCUT2D eigenvalue weighted by molar-refractivity contribution is -0.120. The summed E-state index contributed by atoms with van der Waals surface area (Å²) in [5.41, 5.74) is 1.11. The Kier molecular flexibility index (Phi) is 6.46. The predicted molar refractivity (Wildman–Crippen MR) is 107 cm³/mol. The van der Waals surface area contributed by atoms with E-state index in [4.69, 9.17) is 9.47 Å². The van der Waals surface area contributed by atoms with Crippen LogP contribution in [0, 0.1) is 0 Å². The molecule has 0 saturated carbocycles. The molecule has 144 valence electrons. The number of phenols is 1. The minimum atomic E-state index is -0.307. The van der Waals surface area contributed by atoms with E-state index in [2.05, 4.69) is 4.98 Å². The normalized spacial score (nSPS) is 10.3. The predicted octanol–water partition coefficient (Wildman–Crippen LogP) is 3.80. The van der Waals surface area contributed by atoms with Crippen molar-refractivity contribution >= 4 is 11.6 Å². The summed E-state index contributed by atoms with van der Waals surface area (Å²) in [6.45, 7) is 2.39. The highest BCUT2D eigenvalue weighted by Gasteiger charge is 2.20. The lowest BCUT2D eigenvalue weighted by atomic mass is 10.2. The van der Waals surface area contributed by atoms with E-state index in [0.29, 0.717) is 29.5 Å². The molecule has 0 unspecified atom stereocenters. The number of ether oxygens (including phenoxy) is 2. The molecule has 1 amide bonds. The van der Waals surface area contributed by atoms with Crippen molar-refractivity contribution in [3.63, 3.8) is 0 Å². The Hall–Kier alpha value is -3.54. The summed E-state index contributed by atoms with van der Waals surface area (Å²) in [5, 5.41) is 10.2. The number of hydrogen-bond donors (Lipinski definition) is 1. The average molecular weight is 378 g/mol. The van der Waals surface area contributed by atoms with Crippen LogP contribution in [0.2, 0.25) is 0 Å². The summed E-state index contributed by atoms with van der Waals surface area (Å²) in [5.74, 6) is 0.782. The van der Waals surface area contributed by atoms with Crippen LogP contribution in [0.25, 0.3) is 0 Å². The van der Waals surface area contributed by atoms with Gasteiger partial charge >= 0.3 is 0 Å². The lowest BCUT2D eigenvalue weighted by Gasteiger charge is -2.23. The van der Waals surface area contributed by atoms with Crippen molar-refractivity contribution in [2.75, 3.05) is 18.1 Å². The molecule has 3 aromatic rings. The molecule has 6 heteroatoms. The Morgan fingerprint density at radius 3 is 2.32 bits per heavy atom. The van der Waals surface area contributed by atoms with Crippen molar-refractivity contribution in [3.8, 4) is 17.2 Å². The molecule has 0 saturated heterocycles. The van der Waals surface area contributed by atoms with Crippen LogP contribution in [0.15, 0.2) is 72.9 Å². The number of aromatic nitrogens is 1. The van der Waals surface area contributed by atoms with E-state index >= 15 is 0 Å². The first kappa shape index (κ1) is 19.2. The summed E-state index contributed by atoms with van der Waals surface area (Å²) >= 11 is 0. The number of amides is 1. The van der Waals surface area contributed by atoms with Gasteiger partial charge in [-0.1, -0.05) is 30.3 Å². The average Bonchev–Trinajstić information content (AvgIpc) is 2.73. The molecule has 0 aliphatic carbocycles. The van der Waals surface area contributed by atoms with Gasteiger partial charge < -0.3 is 14.6 Å². The fourth-order valence-corrected chi connectivity index (χ4v) is 2.72. The Balaban J connectivity index is 1.80. The molecule has 28 heavy (non-hydrogen) atoms. The van der Waals surface area contributed by atoms with Crippen molar-refractivity contribution in [1.29, 1.82) is 0 Å². The van der Waals surface area contributed by atoms with E-state index in [-0.39, 0.29) is 24.8 Å². The van der Waals surface area contributed by atoms with Gasteiger partial charge in [-0.3, -0.25) is 14.7 Å². The zero-order valence-electron chi connectivity index (χ0n) is 15.6. The molecule has 3 rings (SSSR count). The second-order valence-corrected chi connectivity index (χ2v) is 5.96. The minimum Gasteiger partial charge on any atom is -0.506 e. The largest absolute Gasteiger partial charge is 0.506 e. The Morgan fingerprint density at radius 2 is 1.64 bits per heavy atom. The number of carbonyl (C=O) groups excluding carboxylic acids is 1. The third-order valence-corrected chi connectivity index (χ3v) is 4.02. The van der Waals surface area contributed by atoms with Crippen molar-refractivity contribution in [2.24, 2.45) is 0 Å². The van der Waals surface area contributed by atoms with Gasteiger partial charge in [0.05, 0.1) is 24.5 Å². The maximum Gasteiger partial charge on any atom is 0.265 e. The fraction of sp³-hybridized carbons (Fsp3) is 0.182. The molecular formula is C22H22N2O4. The molecule has 0 atom stereocenters. The van der Waals surface area contributed by atoms with Gasteiger partial charge in [-0.25, -0.2) is 0 Å². The quantitative estimate of drug-likeness (QED) is 0.646. The molecule has 2 aromatic carbocycles. The van der Waals surface area contributed by atoms with E-state index < -0.39 is 0 Å². The van der Waals surface area contributed by atoms with Crippen molar-refractivity contribution < 1.29 is 19.4 Å². The molecule has 0 radical (unpaired) electrons. The van der Waals surface area contributed by atoms with Crippen LogP contribution in [-0.4, -0.2) is 29.2 Å². The molecule has 1 N–H and O–H groups in total. The van der Waals surface area contributed by atoms with Crippen LogP contribution in [-0.2, 0) is 11.3 Å².